The molecular formula is C13H16N4O. The van der Waals surface area contributed by atoms with Crippen LogP contribution >= 0.6 is 0 Å². The molecule has 0 spiro atoms. The van der Waals surface area contributed by atoms with Crippen LogP contribution in [-0.2, 0) is 5.54 Å². The second-order valence-electron chi connectivity index (χ2n) is 4.98. The maximum Gasteiger partial charge on any atom is 0.258 e. The van der Waals surface area contributed by atoms with Gasteiger partial charge in [0, 0.05) is 18.0 Å². The Morgan fingerprint density at radius 2 is 2.11 bits per heavy atom. The molecule has 0 radical (unpaired) electrons. The molecule has 0 unspecified atom stereocenters. The van der Waals surface area contributed by atoms with E-state index in [0.717, 1.165) is 36.8 Å². The summed E-state index contributed by atoms with van der Waals surface area (Å²) < 4.78 is 5.34. The molecule has 5 nitrogen and oxygen atoms in total. The van der Waals surface area contributed by atoms with Crippen LogP contribution in [0.25, 0.3) is 11.5 Å². The molecular weight excluding hydrogens is 228 g/mol. The first-order valence-electron chi connectivity index (χ1n) is 6.23. The highest BCUT2D eigenvalue weighted by Crippen LogP contribution is 2.35. The zero-order valence-electron chi connectivity index (χ0n) is 10.4. The summed E-state index contributed by atoms with van der Waals surface area (Å²) in [4.78, 5) is 8.52. The van der Waals surface area contributed by atoms with Crippen LogP contribution in [0.4, 0.5) is 0 Å². The molecule has 0 atom stereocenters. The minimum Gasteiger partial charge on any atom is -0.334 e. The summed E-state index contributed by atoms with van der Waals surface area (Å²) in [6.07, 6.45) is 7.64. The lowest BCUT2D eigenvalue weighted by molar-refractivity contribution is 0.372. The van der Waals surface area contributed by atoms with Gasteiger partial charge in [-0.25, -0.2) is 0 Å². The number of aromatic nitrogens is 3. The summed E-state index contributed by atoms with van der Waals surface area (Å²) in [6.45, 7) is 1.97. The summed E-state index contributed by atoms with van der Waals surface area (Å²) in [5.41, 5.74) is 7.85. The molecule has 5 heteroatoms. The van der Waals surface area contributed by atoms with Gasteiger partial charge in [0.15, 0.2) is 5.82 Å². The number of hydrogen-bond acceptors (Lipinski definition) is 5. The molecule has 0 amide bonds. The van der Waals surface area contributed by atoms with Crippen LogP contribution in [0.3, 0.4) is 0 Å². The molecule has 0 aliphatic heterocycles. The normalized spacial score (nSPS) is 18.1. The molecule has 0 aromatic carbocycles. The molecule has 94 valence electrons. The van der Waals surface area contributed by atoms with Crippen molar-refractivity contribution in [2.24, 2.45) is 5.73 Å². The Kier molecular flexibility index (Phi) is 2.63. The van der Waals surface area contributed by atoms with Gasteiger partial charge in [0.05, 0.1) is 5.54 Å². The van der Waals surface area contributed by atoms with E-state index < -0.39 is 5.54 Å². The summed E-state index contributed by atoms with van der Waals surface area (Å²) >= 11 is 0. The van der Waals surface area contributed by atoms with Crippen molar-refractivity contribution in [1.82, 2.24) is 15.1 Å². The smallest absolute Gasteiger partial charge is 0.258 e. The first-order chi connectivity index (χ1) is 8.69. The Morgan fingerprint density at radius 3 is 2.83 bits per heavy atom. The zero-order chi connectivity index (χ0) is 12.6. The van der Waals surface area contributed by atoms with Crippen LogP contribution in [-0.4, -0.2) is 15.1 Å². The van der Waals surface area contributed by atoms with Crippen molar-refractivity contribution in [2.75, 3.05) is 0 Å². The average molecular weight is 244 g/mol. The number of nitrogens with zero attached hydrogens (tertiary/aromatic N) is 3. The third-order valence-electron chi connectivity index (χ3n) is 3.62. The van der Waals surface area contributed by atoms with Gasteiger partial charge in [0.2, 0.25) is 0 Å². The standard InChI is InChI=1S/C13H16N4O/c1-9-8-15-7-4-10(9)11-16-12(17-18-11)13(14)5-2-3-6-13/h4,7-8H,2-3,5-6,14H2,1H3. The molecule has 1 aliphatic carbocycles. The molecule has 2 heterocycles. The molecule has 2 aromatic rings. The van der Waals surface area contributed by atoms with Crippen molar-refractivity contribution in [3.63, 3.8) is 0 Å². The fourth-order valence-electron chi connectivity index (χ4n) is 2.48. The molecule has 3 rings (SSSR count). The number of nitrogens with two attached hydrogens (primary N) is 1. The fourth-order valence-corrected chi connectivity index (χ4v) is 2.48. The maximum atomic E-state index is 6.31. The highest BCUT2D eigenvalue weighted by atomic mass is 16.5. The van der Waals surface area contributed by atoms with Crippen molar-refractivity contribution in [1.29, 1.82) is 0 Å². The van der Waals surface area contributed by atoms with Crippen molar-refractivity contribution in [2.45, 2.75) is 38.1 Å². The van der Waals surface area contributed by atoms with Gasteiger partial charge in [-0.1, -0.05) is 18.0 Å². The van der Waals surface area contributed by atoms with Crippen LogP contribution in [0.2, 0.25) is 0 Å². The van der Waals surface area contributed by atoms with Gasteiger partial charge >= 0.3 is 0 Å². The SMILES string of the molecule is Cc1cnccc1-c1nc(C2(N)CCCC2)no1. The van der Waals surface area contributed by atoms with E-state index in [-0.39, 0.29) is 0 Å². The van der Waals surface area contributed by atoms with Gasteiger partial charge in [0.1, 0.15) is 0 Å². The van der Waals surface area contributed by atoms with Gasteiger partial charge in [-0.05, 0) is 31.4 Å². The highest BCUT2D eigenvalue weighted by Gasteiger charge is 2.36. The quantitative estimate of drug-likeness (QED) is 0.875. The van der Waals surface area contributed by atoms with Gasteiger partial charge in [0.25, 0.3) is 5.89 Å². The first kappa shape index (κ1) is 11.3. The van der Waals surface area contributed by atoms with E-state index in [1.807, 2.05) is 13.0 Å². The topological polar surface area (TPSA) is 77.8 Å². The molecule has 1 saturated carbocycles. The van der Waals surface area contributed by atoms with Crippen LogP contribution in [0.15, 0.2) is 23.0 Å². The Bertz CT molecular complexity index is 558. The largest absolute Gasteiger partial charge is 0.334 e. The van der Waals surface area contributed by atoms with Gasteiger partial charge in [-0.15, -0.1) is 0 Å². The van der Waals surface area contributed by atoms with E-state index >= 15 is 0 Å². The van der Waals surface area contributed by atoms with Crippen LogP contribution < -0.4 is 5.73 Å². The van der Waals surface area contributed by atoms with E-state index in [0.29, 0.717) is 11.7 Å². The molecule has 1 aliphatic rings. The van der Waals surface area contributed by atoms with E-state index in [4.69, 9.17) is 10.3 Å². The summed E-state index contributed by atoms with van der Waals surface area (Å²) in [5.74, 6) is 1.16. The predicted octanol–water partition coefficient (Wildman–Crippen LogP) is 2.17. The fraction of sp³-hybridized carbons (Fsp3) is 0.462. The molecule has 0 bridgehead atoms. The third-order valence-corrected chi connectivity index (χ3v) is 3.62. The highest BCUT2D eigenvalue weighted by molar-refractivity contribution is 5.56. The first-order valence-corrected chi connectivity index (χ1v) is 6.23. The average Bonchev–Trinajstić information content (AvgIpc) is 2.99. The van der Waals surface area contributed by atoms with Crippen LogP contribution in [0.5, 0.6) is 0 Å². The maximum absolute atomic E-state index is 6.31. The molecule has 0 saturated heterocycles. The number of pyridine rings is 1. The Morgan fingerprint density at radius 1 is 1.33 bits per heavy atom. The Balaban J connectivity index is 1.97. The van der Waals surface area contributed by atoms with Gasteiger partial charge < -0.3 is 10.3 Å². The summed E-state index contributed by atoms with van der Waals surface area (Å²) in [5, 5.41) is 4.06. The predicted molar refractivity (Wildman–Crippen MR) is 66.6 cm³/mol. The molecule has 1 fully saturated rings. The van der Waals surface area contributed by atoms with E-state index in [9.17, 15) is 0 Å². The minimum atomic E-state index is -0.400. The lowest BCUT2D eigenvalue weighted by Gasteiger charge is -2.17. The number of aryl methyl sites for hydroxylation is 1. The van der Waals surface area contributed by atoms with Gasteiger partial charge in [-0.2, -0.15) is 4.98 Å². The Hall–Kier alpha value is -1.75. The van der Waals surface area contributed by atoms with Crippen LogP contribution in [0, 0.1) is 6.92 Å². The molecule has 2 aromatic heterocycles. The summed E-state index contributed by atoms with van der Waals surface area (Å²) in [7, 11) is 0. The minimum absolute atomic E-state index is 0.400. The van der Waals surface area contributed by atoms with E-state index in [1.54, 1.807) is 12.4 Å². The number of hydrogen-bond donors (Lipinski definition) is 1. The van der Waals surface area contributed by atoms with Gasteiger partial charge in [-0.3, -0.25) is 4.98 Å². The second kappa shape index (κ2) is 4.17. The van der Waals surface area contributed by atoms with E-state index in [2.05, 4.69) is 15.1 Å². The second-order valence-corrected chi connectivity index (χ2v) is 4.98. The monoisotopic (exact) mass is 244 g/mol. The lowest BCUT2D eigenvalue weighted by Crippen LogP contribution is -2.34. The van der Waals surface area contributed by atoms with E-state index in [1.165, 1.54) is 0 Å². The van der Waals surface area contributed by atoms with Crippen molar-refractivity contribution < 1.29 is 4.52 Å². The summed E-state index contributed by atoms with van der Waals surface area (Å²) in [6, 6.07) is 1.88. The van der Waals surface area contributed by atoms with Crippen molar-refractivity contribution >= 4 is 0 Å². The molecule has 18 heavy (non-hydrogen) atoms. The zero-order valence-corrected chi connectivity index (χ0v) is 10.4. The third kappa shape index (κ3) is 1.80. The number of rotatable bonds is 2. The Labute approximate surface area is 105 Å². The lowest BCUT2D eigenvalue weighted by atomic mass is 9.98. The molecule has 2 N–H and O–H groups in total. The van der Waals surface area contributed by atoms with Crippen LogP contribution in [0.1, 0.15) is 37.1 Å². The van der Waals surface area contributed by atoms with Crippen molar-refractivity contribution in [3.05, 3.63) is 29.8 Å². The van der Waals surface area contributed by atoms with Crippen molar-refractivity contribution in [3.8, 4) is 11.5 Å².